The Morgan fingerprint density at radius 2 is 2.00 bits per heavy atom. The molecule has 1 saturated heterocycles. The summed E-state index contributed by atoms with van der Waals surface area (Å²) in [4.78, 5) is 13.9. The van der Waals surface area contributed by atoms with Gasteiger partial charge in [-0.3, -0.25) is 4.99 Å². The highest BCUT2D eigenvalue weighted by Gasteiger charge is 2.19. The maximum atomic E-state index is 9.51. The van der Waals surface area contributed by atoms with Gasteiger partial charge in [0.15, 0.2) is 0 Å². The molecule has 5 nitrogen and oxygen atoms in total. The highest BCUT2D eigenvalue weighted by molar-refractivity contribution is 7.15. The van der Waals surface area contributed by atoms with E-state index in [9.17, 15) is 5.11 Å². The second-order valence-corrected chi connectivity index (χ2v) is 8.10. The first-order valence-electron chi connectivity index (χ1n) is 9.49. The number of anilines is 1. The lowest BCUT2D eigenvalue weighted by atomic mass is 9.99. The molecule has 0 bridgehead atoms. The summed E-state index contributed by atoms with van der Waals surface area (Å²) < 4.78 is 5.53. The van der Waals surface area contributed by atoms with Gasteiger partial charge < -0.3 is 14.7 Å². The Kier molecular flexibility index (Phi) is 4.68. The van der Waals surface area contributed by atoms with Gasteiger partial charge in [0.1, 0.15) is 5.82 Å². The van der Waals surface area contributed by atoms with E-state index in [1.54, 1.807) is 11.3 Å². The van der Waals surface area contributed by atoms with Gasteiger partial charge in [-0.25, -0.2) is 4.98 Å². The fourth-order valence-electron chi connectivity index (χ4n) is 3.78. The normalized spacial score (nSPS) is 16.8. The quantitative estimate of drug-likeness (QED) is 0.736. The average molecular weight is 391 g/mol. The topological polar surface area (TPSA) is 58.0 Å². The summed E-state index contributed by atoms with van der Waals surface area (Å²) in [6.45, 7) is 3.91. The fourth-order valence-corrected chi connectivity index (χ4v) is 4.68. The summed E-state index contributed by atoms with van der Waals surface area (Å²) in [5.74, 6) is 0.983. The summed E-state index contributed by atoms with van der Waals surface area (Å²) in [6.07, 6.45) is 3.94. The number of aliphatic imine (C=N–C) groups is 1. The molecular weight excluding hydrogens is 370 g/mol. The number of fused-ring (bicyclic) bond motifs is 1. The van der Waals surface area contributed by atoms with Crippen LogP contribution in [0.25, 0.3) is 26.9 Å². The van der Waals surface area contributed by atoms with Crippen LogP contribution in [-0.2, 0) is 11.3 Å². The molecule has 2 aliphatic rings. The average Bonchev–Trinajstić information content (AvgIpc) is 3.45. The molecule has 1 N–H and O–H groups in total. The third kappa shape index (κ3) is 3.13. The van der Waals surface area contributed by atoms with Crippen LogP contribution in [0.3, 0.4) is 0 Å². The predicted molar refractivity (Wildman–Crippen MR) is 115 cm³/mol. The molecule has 6 heteroatoms. The Morgan fingerprint density at radius 1 is 1.11 bits per heavy atom. The van der Waals surface area contributed by atoms with Gasteiger partial charge in [0.05, 0.1) is 31.9 Å². The van der Waals surface area contributed by atoms with E-state index >= 15 is 0 Å². The lowest BCUT2D eigenvalue weighted by molar-refractivity contribution is 0.122. The minimum absolute atomic E-state index is 0.0689. The van der Waals surface area contributed by atoms with E-state index in [1.165, 1.54) is 5.57 Å². The number of aliphatic hydroxyl groups excluding tert-OH is 1. The fraction of sp³-hybridized carbons (Fsp3) is 0.273. The molecule has 0 spiro atoms. The second-order valence-electron chi connectivity index (χ2n) is 6.93. The number of nitrogens with zero attached hydrogens (tertiary/aromatic N) is 3. The van der Waals surface area contributed by atoms with Crippen molar-refractivity contribution in [1.82, 2.24) is 4.98 Å². The molecule has 142 valence electrons. The Morgan fingerprint density at radius 3 is 2.75 bits per heavy atom. The van der Waals surface area contributed by atoms with Gasteiger partial charge in [-0.1, -0.05) is 18.2 Å². The molecule has 0 saturated carbocycles. The highest BCUT2D eigenvalue weighted by Crippen LogP contribution is 2.38. The van der Waals surface area contributed by atoms with Crippen molar-refractivity contribution in [3.05, 3.63) is 52.9 Å². The van der Waals surface area contributed by atoms with Crippen LogP contribution in [0.5, 0.6) is 0 Å². The molecule has 2 aliphatic heterocycles. The van der Waals surface area contributed by atoms with E-state index in [4.69, 9.17) is 9.72 Å². The first-order valence-corrected chi connectivity index (χ1v) is 10.3. The van der Waals surface area contributed by atoms with E-state index < -0.39 is 0 Å². The zero-order valence-corrected chi connectivity index (χ0v) is 16.3. The maximum absolute atomic E-state index is 9.51. The molecule has 1 fully saturated rings. The van der Waals surface area contributed by atoms with Crippen molar-refractivity contribution >= 4 is 39.8 Å². The van der Waals surface area contributed by atoms with E-state index in [2.05, 4.69) is 46.3 Å². The number of rotatable bonds is 4. The summed E-state index contributed by atoms with van der Waals surface area (Å²) in [5, 5.41) is 10.6. The number of allylic oxidation sites excluding steroid dienone is 1. The number of aromatic nitrogens is 1. The predicted octanol–water partition coefficient (Wildman–Crippen LogP) is 3.76. The van der Waals surface area contributed by atoms with Gasteiger partial charge in [0, 0.05) is 45.6 Å². The number of ether oxygens (including phenoxy) is 1. The van der Waals surface area contributed by atoms with Gasteiger partial charge in [-0.05, 0) is 29.8 Å². The van der Waals surface area contributed by atoms with Crippen LogP contribution in [0.2, 0.25) is 0 Å². The van der Waals surface area contributed by atoms with Crippen LogP contribution in [-0.4, -0.2) is 49.2 Å². The molecule has 0 atom stereocenters. The van der Waals surface area contributed by atoms with Gasteiger partial charge in [0.25, 0.3) is 0 Å². The third-order valence-corrected chi connectivity index (χ3v) is 6.34. The van der Waals surface area contributed by atoms with Crippen LogP contribution in [0.1, 0.15) is 10.4 Å². The second kappa shape index (κ2) is 7.47. The minimum Gasteiger partial charge on any atom is -0.391 e. The van der Waals surface area contributed by atoms with Gasteiger partial charge in [-0.2, -0.15) is 0 Å². The molecule has 5 rings (SSSR count). The summed E-state index contributed by atoms with van der Waals surface area (Å²) in [5.41, 5.74) is 4.52. The standard InChI is InChI=1S/C22H21N3O2S/c26-14-16-4-5-20(28-16)19-12-21(25-8-10-27-11-9-25)24-22-17(2-1-3-18(19)22)15-6-7-23-13-15/h1-7,12,26H,8-11,13-14H2. The highest BCUT2D eigenvalue weighted by atomic mass is 32.1. The van der Waals surface area contributed by atoms with Crippen molar-refractivity contribution in [2.75, 3.05) is 37.7 Å². The molecule has 1 aromatic carbocycles. The van der Waals surface area contributed by atoms with Crippen molar-refractivity contribution in [1.29, 1.82) is 0 Å². The number of thiophene rings is 1. The molecule has 3 aromatic rings. The number of para-hydroxylation sites is 1. The molecular formula is C22H21N3O2S. The summed E-state index contributed by atoms with van der Waals surface area (Å²) >= 11 is 1.63. The maximum Gasteiger partial charge on any atom is 0.130 e. The van der Waals surface area contributed by atoms with Crippen LogP contribution < -0.4 is 4.90 Å². The van der Waals surface area contributed by atoms with Crippen molar-refractivity contribution in [3.63, 3.8) is 0 Å². The van der Waals surface area contributed by atoms with Crippen LogP contribution in [0.15, 0.2) is 47.5 Å². The third-order valence-electron chi connectivity index (χ3n) is 5.23. The van der Waals surface area contributed by atoms with E-state index in [1.807, 2.05) is 12.3 Å². The molecule has 0 unspecified atom stereocenters. The van der Waals surface area contributed by atoms with Crippen molar-refractivity contribution in [2.45, 2.75) is 6.61 Å². The Balaban J connectivity index is 1.73. The largest absolute Gasteiger partial charge is 0.391 e. The van der Waals surface area contributed by atoms with Crippen LogP contribution >= 0.6 is 11.3 Å². The Labute approximate surface area is 167 Å². The minimum atomic E-state index is 0.0689. The lowest BCUT2D eigenvalue weighted by Gasteiger charge is -2.28. The zero-order valence-electron chi connectivity index (χ0n) is 15.5. The molecule has 2 aromatic heterocycles. The van der Waals surface area contributed by atoms with Gasteiger partial charge in [0.2, 0.25) is 0 Å². The van der Waals surface area contributed by atoms with Gasteiger partial charge >= 0.3 is 0 Å². The number of pyridine rings is 1. The molecule has 0 radical (unpaired) electrons. The Hall–Kier alpha value is -2.54. The number of hydrogen-bond acceptors (Lipinski definition) is 6. The molecule has 0 amide bonds. The summed E-state index contributed by atoms with van der Waals surface area (Å²) in [7, 11) is 0. The number of aliphatic hydroxyl groups is 1. The van der Waals surface area contributed by atoms with Crippen molar-refractivity contribution in [3.8, 4) is 10.4 Å². The SMILES string of the molecule is OCc1ccc(-c2cc(N3CCOCC3)nc3c(C4=CC=NC4)cccc23)s1. The van der Waals surface area contributed by atoms with Gasteiger partial charge in [-0.15, -0.1) is 11.3 Å². The number of hydrogen-bond donors (Lipinski definition) is 1. The molecule has 4 heterocycles. The first-order chi connectivity index (χ1) is 13.8. The first kappa shape index (κ1) is 17.6. The lowest BCUT2D eigenvalue weighted by Crippen LogP contribution is -2.36. The molecule has 28 heavy (non-hydrogen) atoms. The van der Waals surface area contributed by atoms with Crippen LogP contribution in [0, 0.1) is 0 Å². The van der Waals surface area contributed by atoms with E-state index in [-0.39, 0.29) is 6.61 Å². The number of morpholine rings is 1. The van der Waals surface area contributed by atoms with E-state index in [0.717, 1.165) is 63.9 Å². The summed E-state index contributed by atoms with van der Waals surface area (Å²) in [6, 6.07) is 12.6. The van der Waals surface area contributed by atoms with Crippen molar-refractivity contribution < 1.29 is 9.84 Å². The smallest absolute Gasteiger partial charge is 0.130 e. The van der Waals surface area contributed by atoms with Crippen LogP contribution in [0.4, 0.5) is 5.82 Å². The molecule has 0 aliphatic carbocycles. The monoisotopic (exact) mass is 391 g/mol. The number of benzene rings is 1. The van der Waals surface area contributed by atoms with Crippen molar-refractivity contribution in [2.24, 2.45) is 4.99 Å². The Bertz CT molecular complexity index is 1080. The van der Waals surface area contributed by atoms with E-state index in [0.29, 0.717) is 6.54 Å². The zero-order chi connectivity index (χ0) is 18.9.